The molecule has 2 aliphatic rings. The zero-order valence-corrected chi connectivity index (χ0v) is 20.1. The number of carbonyl (C=O) groups is 2. The molecular formula is C24H29N7O2S. The number of nitrogens with one attached hydrogen (secondary N) is 1. The van der Waals surface area contributed by atoms with E-state index < -0.39 is 0 Å². The summed E-state index contributed by atoms with van der Waals surface area (Å²) in [6.07, 6.45) is 4.41. The fourth-order valence-electron chi connectivity index (χ4n) is 4.62. The molecule has 1 unspecified atom stereocenters. The van der Waals surface area contributed by atoms with Gasteiger partial charge in [0.1, 0.15) is 5.82 Å². The van der Waals surface area contributed by atoms with E-state index in [1.54, 1.807) is 16.7 Å². The number of rotatable bonds is 8. The summed E-state index contributed by atoms with van der Waals surface area (Å²) in [6, 6.07) is 9.49. The van der Waals surface area contributed by atoms with E-state index in [0.29, 0.717) is 19.6 Å². The van der Waals surface area contributed by atoms with Crippen molar-refractivity contribution in [2.45, 2.75) is 37.9 Å². The van der Waals surface area contributed by atoms with Crippen LogP contribution in [0.25, 0.3) is 11.0 Å². The van der Waals surface area contributed by atoms with E-state index in [1.165, 1.54) is 12.8 Å². The highest BCUT2D eigenvalue weighted by Crippen LogP contribution is 2.29. The Bertz CT molecular complexity index is 1180. The third-order valence-electron chi connectivity index (χ3n) is 6.32. The molecule has 2 saturated heterocycles. The van der Waals surface area contributed by atoms with Gasteiger partial charge in [0.15, 0.2) is 10.8 Å². The summed E-state index contributed by atoms with van der Waals surface area (Å²) in [5.41, 5.74) is 1.63. The standard InChI is InChI=1S/C24H29N7O2S/c1-2-34-24-27-21(29-11-6-7-12-29)19-15-26-31(22(19)28-24)13-10-25-23(33)17-14-20(32)30(16-17)18-8-4-3-5-9-18/h3-5,8-9,15,17H,2,6-7,10-14,16H2,1H3,(H,25,33). The van der Waals surface area contributed by atoms with E-state index in [2.05, 4.69) is 22.2 Å². The second-order valence-corrected chi connectivity index (χ2v) is 9.83. The number of anilines is 2. The Morgan fingerprint density at radius 2 is 1.97 bits per heavy atom. The minimum Gasteiger partial charge on any atom is -0.356 e. The average Bonchev–Trinajstić information content (AvgIpc) is 3.60. The molecule has 0 saturated carbocycles. The van der Waals surface area contributed by atoms with Gasteiger partial charge < -0.3 is 15.1 Å². The van der Waals surface area contributed by atoms with Gasteiger partial charge in [-0.15, -0.1) is 0 Å². The zero-order chi connectivity index (χ0) is 23.5. The van der Waals surface area contributed by atoms with Crippen molar-refractivity contribution in [1.82, 2.24) is 25.1 Å². The SMILES string of the molecule is CCSc1nc(N2CCCC2)c2cnn(CCNC(=O)C3CC(=O)N(c4ccccc4)C3)c2n1. The molecule has 10 heteroatoms. The van der Waals surface area contributed by atoms with Crippen LogP contribution >= 0.6 is 11.8 Å². The van der Waals surface area contributed by atoms with Gasteiger partial charge in [-0.25, -0.2) is 14.6 Å². The third kappa shape index (κ3) is 4.59. The van der Waals surface area contributed by atoms with Crippen LogP contribution in [0.5, 0.6) is 0 Å². The van der Waals surface area contributed by atoms with E-state index in [-0.39, 0.29) is 24.2 Å². The minimum absolute atomic E-state index is 0.0171. The second-order valence-electron chi connectivity index (χ2n) is 8.59. The largest absolute Gasteiger partial charge is 0.356 e. The molecule has 0 spiro atoms. The molecule has 0 radical (unpaired) electrons. The van der Waals surface area contributed by atoms with Crippen LogP contribution in [0, 0.1) is 5.92 Å². The molecule has 2 aliphatic heterocycles. The first-order valence-electron chi connectivity index (χ1n) is 11.9. The number of thioether (sulfide) groups is 1. The zero-order valence-electron chi connectivity index (χ0n) is 19.3. The number of benzene rings is 1. The van der Waals surface area contributed by atoms with Crippen LogP contribution in [0.15, 0.2) is 41.7 Å². The molecular weight excluding hydrogens is 450 g/mol. The Balaban J connectivity index is 1.24. The van der Waals surface area contributed by atoms with Gasteiger partial charge in [-0.2, -0.15) is 5.10 Å². The molecule has 9 nitrogen and oxygen atoms in total. The molecule has 34 heavy (non-hydrogen) atoms. The van der Waals surface area contributed by atoms with Crippen LogP contribution in [0.1, 0.15) is 26.2 Å². The molecule has 1 N–H and O–H groups in total. The van der Waals surface area contributed by atoms with Gasteiger partial charge in [0.05, 0.1) is 24.0 Å². The summed E-state index contributed by atoms with van der Waals surface area (Å²) in [7, 11) is 0. The van der Waals surface area contributed by atoms with Gasteiger partial charge in [-0.3, -0.25) is 9.59 Å². The van der Waals surface area contributed by atoms with Gasteiger partial charge in [0.2, 0.25) is 11.8 Å². The van der Waals surface area contributed by atoms with Crippen LogP contribution < -0.4 is 15.1 Å². The van der Waals surface area contributed by atoms with Crippen molar-refractivity contribution in [2.24, 2.45) is 5.92 Å². The lowest BCUT2D eigenvalue weighted by Gasteiger charge is -2.18. The van der Waals surface area contributed by atoms with Crippen molar-refractivity contribution >= 4 is 46.1 Å². The fourth-order valence-corrected chi connectivity index (χ4v) is 5.18. The summed E-state index contributed by atoms with van der Waals surface area (Å²) in [5, 5.41) is 9.25. The van der Waals surface area contributed by atoms with Gasteiger partial charge in [0.25, 0.3) is 0 Å². The molecule has 178 valence electrons. The number of carbonyl (C=O) groups excluding carboxylic acids is 2. The first kappa shape index (κ1) is 22.6. The van der Waals surface area contributed by atoms with Crippen LogP contribution in [0.4, 0.5) is 11.5 Å². The molecule has 0 aliphatic carbocycles. The Morgan fingerprint density at radius 1 is 1.18 bits per heavy atom. The van der Waals surface area contributed by atoms with Crippen molar-refractivity contribution in [3.63, 3.8) is 0 Å². The predicted molar refractivity (Wildman–Crippen MR) is 133 cm³/mol. The van der Waals surface area contributed by atoms with Crippen molar-refractivity contribution in [3.05, 3.63) is 36.5 Å². The average molecular weight is 480 g/mol. The summed E-state index contributed by atoms with van der Waals surface area (Å²) in [6.45, 7) is 5.43. The number of amides is 2. The van der Waals surface area contributed by atoms with Crippen molar-refractivity contribution in [2.75, 3.05) is 41.7 Å². The maximum Gasteiger partial charge on any atom is 0.227 e. The third-order valence-corrected chi connectivity index (χ3v) is 7.05. The van der Waals surface area contributed by atoms with Crippen LogP contribution in [0.2, 0.25) is 0 Å². The maximum atomic E-state index is 12.8. The second kappa shape index (κ2) is 10.0. The highest BCUT2D eigenvalue weighted by molar-refractivity contribution is 7.99. The minimum atomic E-state index is -0.348. The number of nitrogens with zero attached hydrogens (tertiary/aromatic N) is 6. The van der Waals surface area contributed by atoms with Crippen molar-refractivity contribution < 1.29 is 9.59 Å². The number of aromatic nitrogens is 4. The summed E-state index contributed by atoms with van der Waals surface area (Å²) < 4.78 is 1.84. The fraction of sp³-hybridized carbons (Fsp3) is 0.458. The number of fused-ring (bicyclic) bond motifs is 1. The first-order chi connectivity index (χ1) is 16.6. The molecule has 1 atom stereocenters. The Hall–Kier alpha value is -3.14. The van der Waals surface area contributed by atoms with Gasteiger partial charge in [-0.05, 0) is 30.7 Å². The Labute approximate surface area is 202 Å². The summed E-state index contributed by atoms with van der Waals surface area (Å²) >= 11 is 1.62. The van der Waals surface area contributed by atoms with Gasteiger partial charge in [-0.1, -0.05) is 36.9 Å². The first-order valence-corrected chi connectivity index (χ1v) is 12.9. The van der Waals surface area contributed by atoms with E-state index in [0.717, 1.165) is 46.5 Å². The number of hydrogen-bond acceptors (Lipinski definition) is 7. The van der Waals surface area contributed by atoms with E-state index in [9.17, 15) is 9.59 Å². The monoisotopic (exact) mass is 479 g/mol. The Morgan fingerprint density at radius 3 is 2.74 bits per heavy atom. The van der Waals surface area contributed by atoms with E-state index in [4.69, 9.17) is 9.97 Å². The lowest BCUT2D eigenvalue weighted by atomic mass is 10.1. The van der Waals surface area contributed by atoms with E-state index >= 15 is 0 Å². The highest BCUT2D eigenvalue weighted by Gasteiger charge is 2.34. The van der Waals surface area contributed by atoms with Gasteiger partial charge >= 0.3 is 0 Å². The molecule has 0 bridgehead atoms. The normalized spacial score (nSPS) is 18.3. The quantitative estimate of drug-likeness (QED) is 0.392. The lowest BCUT2D eigenvalue weighted by molar-refractivity contribution is -0.126. The molecule has 3 aromatic rings. The molecule has 1 aromatic carbocycles. The smallest absolute Gasteiger partial charge is 0.227 e. The van der Waals surface area contributed by atoms with Crippen LogP contribution in [0.3, 0.4) is 0 Å². The molecule has 2 fully saturated rings. The molecule has 5 rings (SSSR count). The highest BCUT2D eigenvalue weighted by atomic mass is 32.2. The lowest BCUT2D eigenvalue weighted by Crippen LogP contribution is -2.35. The maximum absolute atomic E-state index is 12.8. The summed E-state index contributed by atoms with van der Waals surface area (Å²) in [5.74, 6) is 1.39. The Kier molecular flexibility index (Phi) is 6.66. The topological polar surface area (TPSA) is 96.2 Å². The van der Waals surface area contributed by atoms with Crippen LogP contribution in [-0.2, 0) is 16.1 Å². The van der Waals surface area contributed by atoms with Crippen molar-refractivity contribution in [3.8, 4) is 0 Å². The number of hydrogen-bond donors (Lipinski definition) is 1. The molecule has 2 aromatic heterocycles. The molecule has 2 amide bonds. The predicted octanol–water partition coefficient (Wildman–Crippen LogP) is 2.71. The van der Waals surface area contributed by atoms with Crippen LogP contribution in [-0.4, -0.2) is 63.5 Å². The van der Waals surface area contributed by atoms with E-state index in [1.807, 2.05) is 41.2 Å². The number of para-hydroxylation sites is 1. The molecule has 4 heterocycles. The van der Waals surface area contributed by atoms with Crippen molar-refractivity contribution in [1.29, 1.82) is 0 Å². The summed E-state index contributed by atoms with van der Waals surface area (Å²) in [4.78, 5) is 38.8. The van der Waals surface area contributed by atoms with Gasteiger partial charge in [0, 0.05) is 38.3 Å².